The smallest absolute Gasteiger partial charge is 0.271 e. The molecule has 0 saturated heterocycles. The number of amides is 1. The van der Waals surface area contributed by atoms with Gasteiger partial charge in [0.05, 0.1) is 26.1 Å². The third-order valence-corrected chi connectivity index (χ3v) is 6.09. The van der Waals surface area contributed by atoms with Crippen LogP contribution in [0.15, 0.2) is 88.4 Å². The standard InChI is InChI=1S/C27H24BrN3O3/c1-18-9-14-24(19-7-5-4-6-8-19)31(18)22-12-10-20(11-13-22)27(32)30-29-17-21-15-25(33-2)26(34-3)16-23(21)28/h4-17H,1-3H3,(H,30,32)/b29-17+. The molecule has 1 heterocycles. The van der Waals surface area contributed by atoms with Gasteiger partial charge in [-0.1, -0.05) is 30.3 Å². The molecule has 0 unspecified atom stereocenters. The van der Waals surface area contributed by atoms with E-state index in [1.165, 1.54) is 0 Å². The third-order valence-electron chi connectivity index (χ3n) is 5.41. The molecule has 0 aliphatic rings. The molecular formula is C27H24BrN3O3. The van der Waals surface area contributed by atoms with Gasteiger partial charge in [0, 0.05) is 27.0 Å². The second-order valence-electron chi connectivity index (χ2n) is 7.54. The zero-order valence-electron chi connectivity index (χ0n) is 19.1. The molecule has 4 rings (SSSR count). The molecule has 7 heteroatoms. The zero-order valence-corrected chi connectivity index (χ0v) is 20.7. The number of hydrogen-bond donors (Lipinski definition) is 1. The van der Waals surface area contributed by atoms with Crippen molar-refractivity contribution in [3.8, 4) is 28.4 Å². The van der Waals surface area contributed by atoms with Crippen LogP contribution in [0.25, 0.3) is 16.9 Å². The Morgan fingerprint density at radius 3 is 2.29 bits per heavy atom. The molecule has 172 valence electrons. The fourth-order valence-electron chi connectivity index (χ4n) is 3.67. The minimum atomic E-state index is -0.299. The van der Waals surface area contributed by atoms with Gasteiger partial charge in [0.25, 0.3) is 5.91 Å². The van der Waals surface area contributed by atoms with Gasteiger partial charge in [0.2, 0.25) is 0 Å². The first-order chi connectivity index (χ1) is 16.5. The Morgan fingerprint density at radius 1 is 0.941 bits per heavy atom. The number of methoxy groups -OCH3 is 2. The molecule has 0 aliphatic heterocycles. The number of carbonyl (C=O) groups is 1. The van der Waals surface area contributed by atoms with Crippen molar-refractivity contribution in [2.75, 3.05) is 14.2 Å². The van der Waals surface area contributed by atoms with Crippen LogP contribution >= 0.6 is 15.9 Å². The van der Waals surface area contributed by atoms with Crippen LogP contribution in [-0.4, -0.2) is 30.9 Å². The van der Waals surface area contributed by atoms with Crippen molar-refractivity contribution in [3.63, 3.8) is 0 Å². The molecule has 1 N–H and O–H groups in total. The Labute approximate surface area is 207 Å². The molecule has 1 amide bonds. The average molecular weight is 518 g/mol. The van der Waals surface area contributed by atoms with E-state index in [0.717, 1.165) is 32.7 Å². The van der Waals surface area contributed by atoms with E-state index in [4.69, 9.17) is 9.47 Å². The van der Waals surface area contributed by atoms with Crippen LogP contribution in [0, 0.1) is 6.92 Å². The summed E-state index contributed by atoms with van der Waals surface area (Å²) in [6, 6.07) is 25.4. The number of halogens is 1. The largest absolute Gasteiger partial charge is 0.493 e. The van der Waals surface area contributed by atoms with Gasteiger partial charge in [-0.15, -0.1) is 0 Å². The number of aromatic nitrogens is 1. The van der Waals surface area contributed by atoms with Crippen molar-refractivity contribution in [1.82, 2.24) is 9.99 Å². The van der Waals surface area contributed by atoms with Gasteiger partial charge in [-0.25, -0.2) is 5.43 Å². The summed E-state index contributed by atoms with van der Waals surface area (Å²) in [6.07, 6.45) is 1.55. The first-order valence-electron chi connectivity index (χ1n) is 10.6. The SMILES string of the molecule is COc1cc(Br)c(/C=N/NC(=O)c2ccc(-n3c(C)ccc3-c3ccccc3)cc2)cc1OC. The van der Waals surface area contributed by atoms with Gasteiger partial charge in [-0.05, 0) is 76.9 Å². The van der Waals surface area contributed by atoms with Gasteiger partial charge < -0.3 is 14.0 Å². The summed E-state index contributed by atoms with van der Waals surface area (Å²) >= 11 is 3.48. The molecule has 3 aromatic carbocycles. The molecule has 34 heavy (non-hydrogen) atoms. The Hall–Kier alpha value is -3.84. The van der Waals surface area contributed by atoms with E-state index in [1.54, 1.807) is 44.7 Å². The van der Waals surface area contributed by atoms with E-state index in [0.29, 0.717) is 17.1 Å². The predicted molar refractivity (Wildman–Crippen MR) is 138 cm³/mol. The lowest BCUT2D eigenvalue weighted by molar-refractivity contribution is 0.0955. The summed E-state index contributed by atoms with van der Waals surface area (Å²) in [5, 5.41) is 4.09. The van der Waals surface area contributed by atoms with Crippen molar-refractivity contribution in [2.45, 2.75) is 6.92 Å². The van der Waals surface area contributed by atoms with Crippen molar-refractivity contribution < 1.29 is 14.3 Å². The molecule has 0 fully saturated rings. The number of benzene rings is 3. The van der Waals surface area contributed by atoms with Gasteiger partial charge in [0.1, 0.15) is 0 Å². The number of rotatable bonds is 7. The first-order valence-corrected chi connectivity index (χ1v) is 11.4. The van der Waals surface area contributed by atoms with Crippen LogP contribution in [0.3, 0.4) is 0 Å². The van der Waals surface area contributed by atoms with Crippen molar-refractivity contribution in [3.05, 3.63) is 100 Å². The highest BCUT2D eigenvalue weighted by atomic mass is 79.9. The normalized spacial score (nSPS) is 10.9. The monoisotopic (exact) mass is 517 g/mol. The number of nitrogens with zero attached hydrogens (tertiary/aromatic N) is 2. The molecule has 4 aromatic rings. The summed E-state index contributed by atoms with van der Waals surface area (Å²) < 4.78 is 13.5. The quantitative estimate of drug-likeness (QED) is 0.241. The molecule has 1 aromatic heterocycles. The van der Waals surface area contributed by atoms with Crippen LogP contribution in [-0.2, 0) is 0 Å². The lowest BCUT2D eigenvalue weighted by Gasteiger charge is -2.13. The van der Waals surface area contributed by atoms with Gasteiger partial charge in [0.15, 0.2) is 11.5 Å². The molecule has 0 spiro atoms. The van der Waals surface area contributed by atoms with Crippen LogP contribution in [0.5, 0.6) is 11.5 Å². The highest BCUT2D eigenvalue weighted by Gasteiger charge is 2.11. The summed E-state index contributed by atoms with van der Waals surface area (Å²) in [5.74, 6) is 0.875. The molecular weight excluding hydrogens is 494 g/mol. The van der Waals surface area contributed by atoms with Crippen molar-refractivity contribution >= 4 is 28.1 Å². The topological polar surface area (TPSA) is 64.8 Å². The molecule has 0 saturated carbocycles. The van der Waals surface area contributed by atoms with Crippen LogP contribution < -0.4 is 14.9 Å². The van der Waals surface area contributed by atoms with Crippen LogP contribution in [0.2, 0.25) is 0 Å². The lowest BCUT2D eigenvalue weighted by Crippen LogP contribution is -2.17. The highest BCUT2D eigenvalue weighted by molar-refractivity contribution is 9.10. The first kappa shape index (κ1) is 23.3. The Morgan fingerprint density at radius 2 is 1.62 bits per heavy atom. The van der Waals surface area contributed by atoms with Gasteiger partial charge in [-0.3, -0.25) is 4.79 Å². The van der Waals surface area contributed by atoms with Gasteiger partial charge in [-0.2, -0.15) is 5.10 Å². The number of aryl methyl sites for hydroxylation is 1. The second kappa shape index (κ2) is 10.4. The molecule has 0 aliphatic carbocycles. The third kappa shape index (κ3) is 4.89. The van der Waals surface area contributed by atoms with E-state index in [9.17, 15) is 4.79 Å². The number of ether oxygens (including phenoxy) is 2. The van der Waals surface area contributed by atoms with Crippen LogP contribution in [0.1, 0.15) is 21.6 Å². The number of carbonyl (C=O) groups excluding carboxylic acids is 1. The summed E-state index contributed by atoms with van der Waals surface area (Å²) in [4.78, 5) is 12.6. The second-order valence-corrected chi connectivity index (χ2v) is 8.39. The Bertz CT molecular complexity index is 1330. The minimum absolute atomic E-state index is 0.299. The van der Waals surface area contributed by atoms with E-state index < -0.39 is 0 Å². The molecule has 0 atom stereocenters. The fourth-order valence-corrected chi connectivity index (χ4v) is 4.10. The van der Waals surface area contributed by atoms with E-state index in [2.05, 4.69) is 62.2 Å². The van der Waals surface area contributed by atoms with E-state index in [-0.39, 0.29) is 5.91 Å². The Kier molecular flexibility index (Phi) is 7.13. The molecule has 0 radical (unpaired) electrons. The maximum absolute atomic E-state index is 12.6. The van der Waals surface area contributed by atoms with Crippen LogP contribution in [0.4, 0.5) is 0 Å². The summed E-state index contributed by atoms with van der Waals surface area (Å²) in [6.45, 7) is 2.06. The summed E-state index contributed by atoms with van der Waals surface area (Å²) in [7, 11) is 3.14. The number of hydrogen-bond acceptors (Lipinski definition) is 4. The summed E-state index contributed by atoms with van der Waals surface area (Å²) in [5.41, 5.74) is 8.15. The molecule has 0 bridgehead atoms. The Balaban J connectivity index is 1.50. The highest BCUT2D eigenvalue weighted by Crippen LogP contribution is 2.32. The minimum Gasteiger partial charge on any atom is -0.493 e. The number of hydrazone groups is 1. The van der Waals surface area contributed by atoms with Gasteiger partial charge >= 0.3 is 0 Å². The lowest BCUT2D eigenvalue weighted by atomic mass is 10.1. The maximum Gasteiger partial charge on any atom is 0.271 e. The maximum atomic E-state index is 12.6. The van der Waals surface area contributed by atoms with E-state index in [1.807, 2.05) is 30.3 Å². The average Bonchev–Trinajstić information content (AvgIpc) is 3.26. The van der Waals surface area contributed by atoms with Crippen molar-refractivity contribution in [2.24, 2.45) is 5.10 Å². The number of nitrogens with one attached hydrogen (secondary N) is 1. The van der Waals surface area contributed by atoms with Crippen molar-refractivity contribution in [1.29, 1.82) is 0 Å². The molecule has 6 nitrogen and oxygen atoms in total. The van der Waals surface area contributed by atoms with E-state index >= 15 is 0 Å². The fraction of sp³-hybridized carbons (Fsp3) is 0.111. The zero-order chi connectivity index (χ0) is 24.1. The predicted octanol–water partition coefficient (Wildman–Crippen LogP) is 6.00.